The lowest BCUT2D eigenvalue weighted by atomic mass is 10.2. The van der Waals surface area contributed by atoms with Crippen LogP contribution in [0.1, 0.15) is 13.8 Å². The van der Waals surface area contributed by atoms with Crippen molar-refractivity contribution < 1.29 is 14.6 Å². The van der Waals surface area contributed by atoms with Gasteiger partial charge in [0.25, 0.3) is 0 Å². The maximum atomic E-state index is 10.4. The molecule has 0 saturated carbocycles. The van der Waals surface area contributed by atoms with Gasteiger partial charge in [0.2, 0.25) is 0 Å². The zero-order valence-electron chi connectivity index (χ0n) is 7.70. The van der Waals surface area contributed by atoms with Crippen molar-refractivity contribution in [3.05, 3.63) is 0 Å². The minimum absolute atomic E-state index is 0.0940. The average Bonchev–Trinajstić information content (AvgIpc) is 1.98. The van der Waals surface area contributed by atoms with Crippen molar-refractivity contribution in [3.63, 3.8) is 0 Å². The standard InChI is InChI=1S/C7H15N3O3/c1-4(6(11)12)3-13-5(2)10-7(8)9/h4-5H,3H2,1-2H3,(H,11,12)(H4,8,9,10). The molecule has 0 fully saturated rings. The molecule has 0 heterocycles. The highest BCUT2D eigenvalue weighted by Gasteiger charge is 2.12. The summed E-state index contributed by atoms with van der Waals surface area (Å²) in [4.78, 5) is 10.4. The van der Waals surface area contributed by atoms with Gasteiger partial charge in [-0.3, -0.25) is 10.2 Å². The molecule has 76 valence electrons. The fraction of sp³-hybridized carbons (Fsp3) is 0.714. The predicted molar refractivity (Wildman–Crippen MR) is 47.3 cm³/mol. The van der Waals surface area contributed by atoms with E-state index in [4.69, 9.17) is 21.0 Å². The molecule has 5 N–H and O–H groups in total. The van der Waals surface area contributed by atoms with Crippen molar-refractivity contribution in [2.24, 2.45) is 11.7 Å². The Morgan fingerprint density at radius 1 is 1.69 bits per heavy atom. The van der Waals surface area contributed by atoms with Crippen molar-refractivity contribution >= 4 is 11.9 Å². The molecule has 0 aliphatic rings. The third-order valence-electron chi connectivity index (χ3n) is 1.38. The van der Waals surface area contributed by atoms with E-state index in [1.165, 1.54) is 0 Å². The number of guanidine groups is 1. The third kappa shape index (κ3) is 5.92. The summed E-state index contributed by atoms with van der Waals surface area (Å²) >= 11 is 0. The van der Waals surface area contributed by atoms with E-state index >= 15 is 0 Å². The van der Waals surface area contributed by atoms with Gasteiger partial charge in [-0.15, -0.1) is 0 Å². The molecular formula is C7H15N3O3. The first-order valence-electron chi connectivity index (χ1n) is 3.88. The fourth-order valence-electron chi connectivity index (χ4n) is 0.621. The summed E-state index contributed by atoms with van der Waals surface area (Å²) in [6, 6.07) is 0. The Labute approximate surface area is 76.6 Å². The first kappa shape index (κ1) is 11.7. The number of hydrogen-bond acceptors (Lipinski definition) is 3. The van der Waals surface area contributed by atoms with Gasteiger partial charge in [-0.1, -0.05) is 0 Å². The number of aliphatic carboxylic acids is 1. The molecule has 13 heavy (non-hydrogen) atoms. The smallest absolute Gasteiger partial charge is 0.308 e. The summed E-state index contributed by atoms with van der Waals surface area (Å²) in [5, 5.41) is 17.9. The van der Waals surface area contributed by atoms with Crippen LogP contribution in [-0.2, 0) is 9.53 Å². The van der Waals surface area contributed by atoms with Gasteiger partial charge in [0.1, 0.15) is 6.23 Å². The molecular weight excluding hydrogens is 174 g/mol. The number of carboxylic acids is 1. The predicted octanol–water partition coefficient (Wildman–Crippen LogP) is -0.447. The topological polar surface area (TPSA) is 108 Å². The molecule has 0 saturated heterocycles. The Balaban J connectivity index is 3.63. The van der Waals surface area contributed by atoms with Crippen molar-refractivity contribution in [2.45, 2.75) is 20.1 Å². The zero-order valence-corrected chi connectivity index (χ0v) is 7.70. The number of hydrogen-bond donors (Lipinski definition) is 4. The van der Waals surface area contributed by atoms with Crippen LogP contribution < -0.4 is 11.1 Å². The highest BCUT2D eigenvalue weighted by Crippen LogP contribution is 1.97. The largest absolute Gasteiger partial charge is 0.481 e. The summed E-state index contributed by atoms with van der Waals surface area (Å²) in [6.07, 6.45) is -0.445. The molecule has 0 aliphatic carbocycles. The Kier molecular flexibility index (Phi) is 4.83. The van der Waals surface area contributed by atoms with E-state index in [-0.39, 0.29) is 12.6 Å². The van der Waals surface area contributed by atoms with E-state index in [1.807, 2.05) is 0 Å². The summed E-state index contributed by atoms with van der Waals surface area (Å²) in [5.41, 5.74) is 5.04. The van der Waals surface area contributed by atoms with Gasteiger partial charge in [-0.2, -0.15) is 0 Å². The summed E-state index contributed by atoms with van der Waals surface area (Å²) in [7, 11) is 0. The zero-order chi connectivity index (χ0) is 10.4. The minimum Gasteiger partial charge on any atom is -0.481 e. The molecule has 0 radical (unpaired) electrons. The highest BCUT2D eigenvalue weighted by atomic mass is 16.5. The molecule has 0 bridgehead atoms. The van der Waals surface area contributed by atoms with Crippen LogP contribution >= 0.6 is 0 Å². The lowest BCUT2D eigenvalue weighted by Gasteiger charge is -2.15. The van der Waals surface area contributed by atoms with Gasteiger partial charge in [-0.05, 0) is 13.8 Å². The number of carbonyl (C=O) groups is 1. The first-order chi connectivity index (χ1) is 5.93. The lowest BCUT2D eigenvalue weighted by molar-refractivity contribution is -0.143. The molecule has 0 rings (SSSR count). The van der Waals surface area contributed by atoms with Crippen LogP contribution in [0.15, 0.2) is 0 Å². The maximum absolute atomic E-state index is 10.4. The van der Waals surface area contributed by atoms with E-state index in [0.717, 1.165) is 0 Å². The summed E-state index contributed by atoms with van der Waals surface area (Å²) < 4.78 is 5.06. The molecule has 0 aliphatic heterocycles. The molecule has 0 spiro atoms. The minimum atomic E-state index is -0.907. The molecule has 2 unspecified atom stereocenters. The highest BCUT2D eigenvalue weighted by molar-refractivity contribution is 5.74. The summed E-state index contributed by atoms with van der Waals surface area (Å²) in [6.45, 7) is 3.29. The van der Waals surface area contributed by atoms with E-state index in [9.17, 15) is 4.79 Å². The van der Waals surface area contributed by atoms with Gasteiger partial charge < -0.3 is 20.9 Å². The number of rotatable bonds is 5. The van der Waals surface area contributed by atoms with Crippen LogP contribution in [0.2, 0.25) is 0 Å². The van der Waals surface area contributed by atoms with Crippen LogP contribution in [0.25, 0.3) is 0 Å². The normalized spacial score (nSPS) is 14.6. The quantitative estimate of drug-likeness (QED) is 0.266. The van der Waals surface area contributed by atoms with Crippen molar-refractivity contribution in [2.75, 3.05) is 6.61 Å². The Morgan fingerprint density at radius 2 is 2.23 bits per heavy atom. The van der Waals surface area contributed by atoms with Crippen molar-refractivity contribution in [1.29, 1.82) is 5.41 Å². The van der Waals surface area contributed by atoms with Gasteiger partial charge in [0.05, 0.1) is 12.5 Å². The third-order valence-corrected chi connectivity index (χ3v) is 1.38. The van der Waals surface area contributed by atoms with Crippen LogP contribution in [0.5, 0.6) is 0 Å². The second-order valence-electron chi connectivity index (χ2n) is 2.77. The fourth-order valence-corrected chi connectivity index (χ4v) is 0.621. The van der Waals surface area contributed by atoms with Gasteiger partial charge >= 0.3 is 5.97 Å². The molecule has 0 amide bonds. The van der Waals surface area contributed by atoms with Crippen LogP contribution in [0.4, 0.5) is 0 Å². The molecule has 0 aromatic carbocycles. The molecule has 6 nitrogen and oxygen atoms in total. The SMILES string of the molecule is CC(NC(=N)N)OCC(C)C(=O)O. The second-order valence-corrected chi connectivity index (χ2v) is 2.77. The van der Waals surface area contributed by atoms with Crippen LogP contribution in [0, 0.1) is 11.3 Å². The van der Waals surface area contributed by atoms with Gasteiger partial charge in [-0.25, -0.2) is 0 Å². The Bertz CT molecular complexity index is 195. The van der Waals surface area contributed by atoms with Gasteiger partial charge in [0.15, 0.2) is 5.96 Å². The average molecular weight is 189 g/mol. The molecule has 2 atom stereocenters. The summed E-state index contributed by atoms with van der Waals surface area (Å²) in [5.74, 6) is -1.67. The molecule has 0 aromatic heterocycles. The second kappa shape index (κ2) is 5.36. The van der Waals surface area contributed by atoms with Gasteiger partial charge in [0, 0.05) is 0 Å². The van der Waals surface area contributed by atoms with E-state index in [0.29, 0.717) is 0 Å². The van der Waals surface area contributed by atoms with Crippen molar-refractivity contribution in [3.8, 4) is 0 Å². The molecule has 0 aromatic rings. The Morgan fingerprint density at radius 3 is 2.62 bits per heavy atom. The number of nitrogens with two attached hydrogens (primary N) is 1. The van der Waals surface area contributed by atoms with E-state index in [1.54, 1.807) is 13.8 Å². The monoisotopic (exact) mass is 189 g/mol. The van der Waals surface area contributed by atoms with Crippen LogP contribution in [0.3, 0.4) is 0 Å². The number of carboxylic acid groups (broad SMARTS) is 1. The van der Waals surface area contributed by atoms with Crippen LogP contribution in [-0.4, -0.2) is 29.9 Å². The maximum Gasteiger partial charge on any atom is 0.308 e. The van der Waals surface area contributed by atoms with E-state index < -0.39 is 18.1 Å². The number of nitrogens with one attached hydrogen (secondary N) is 2. The van der Waals surface area contributed by atoms with Crippen molar-refractivity contribution in [1.82, 2.24) is 5.32 Å². The van der Waals surface area contributed by atoms with E-state index in [2.05, 4.69) is 5.32 Å². The number of ether oxygens (including phenoxy) is 1. The molecule has 6 heteroatoms. The Hall–Kier alpha value is -1.30. The lowest BCUT2D eigenvalue weighted by Crippen LogP contribution is -2.39. The first-order valence-corrected chi connectivity index (χ1v) is 3.88.